The number of nitrogens with zero attached hydrogens (tertiary/aromatic N) is 5. The Kier molecular flexibility index (Phi) is 4.96. The third-order valence-corrected chi connectivity index (χ3v) is 6.53. The number of rotatable bonds is 3. The van der Waals surface area contributed by atoms with E-state index in [0.717, 1.165) is 16.8 Å². The summed E-state index contributed by atoms with van der Waals surface area (Å²) in [5, 5.41) is 0. The van der Waals surface area contributed by atoms with Gasteiger partial charge in [0.2, 0.25) is 5.95 Å². The highest BCUT2D eigenvalue weighted by atomic mass is 19.1. The number of fused-ring (bicyclic) bond motifs is 3. The molecule has 0 bridgehead atoms. The molecule has 8 heteroatoms. The second kappa shape index (κ2) is 7.72. The van der Waals surface area contributed by atoms with Crippen LogP contribution in [0.4, 0.5) is 16.0 Å². The molecule has 33 heavy (non-hydrogen) atoms. The van der Waals surface area contributed by atoms with Crippen LogP contribution in [-0.4, -0.2) is 25.2 Å². The van der Waals surface area contributed by atoms with Gasteiger partial charge in [0, 0.05) is 31.4 Å². The van der Waals surface area contributed by atoms with Gasteiger partial charge in [0.05, 0.1) is 6.54 Å². The van der Waals surface area contributed by atoms with Gasteiger partial charge < -0.3 is 9.47 Å². The lowest BCUT2D eigenvalue weighted by Gasteiger charge is -2.33. The van der Waals surface area contributed by atoms with Crippen molar-refractivity contribution in [1.29, 1.82) is 0 Å². The number of hydrogen-bond donors (Lipinski definition) is 0. The van der Waals surface area contributed by atoms with E-state index in [1.165, 1.54) is 21.8 Å². The highest BCUT2D eigenvalue weighted by Crippen LogP contribution is 2.33. The van der Waals surface area contributed by atoms with Crippen LogP contribution < -0.4 is 16.1 Å². The summed E-state index contributed by atoms with van der Waals surface area (Å²) in [6.45, 7) is 7.50. The second-order valence-corrected chi connectivity index (χ2v) is 9.00. The summed E-state index contributed by atoms with van der Waals surface area (Å²) in [4.78, 5) is 33.5. The standard InChI is InChI=1S/C25H26FN5O2/c1-15-12-29(19-10-9-16(2)17(3)11-19)24-27-22-21(30(24)13-15)23(32)31(25(33)28(22)4)14-18-7-5-6-8-20(18)26/h5-11,15H,12-14H2,1-4H3/t15-/m0/s1. The van der Waals surface area contributed by atoms with Crippen molar-refractivity contribution in [2.24, 2.45) is 13.0 Å². The maximum absolute atomic E-state index is 14.3. The van der Waals surface area contributed by atoms with Crippen LogP contribution in [0.2, 0.25) is 0 Å². The molecule has 170 valence electrons. The number of aromatic nitrogens is 4. The lowest BCUT2D eigenvalue weighted by Crippen LogP contribution is -2.40. The largest absolute Gasteiger partial charge is 0.332 e. The van der Waals surface area contributed by atoms with Crippen molar-refractivity contribution in [3.63, 3.8) is 0 Å². The molecule has 1 atom stereocenters. The highest BCUT2D eigenvalue weighted by Gasteiger charge is 2.30. The summed E-state index contributed by atoms with van der Waals surface area (Å²) in [5.74, 6) is 0.451. The van der Waals surface area contributed by atoms with Crippen LogP contribution in [-0.2, 0) is 20.1 Å². The smallest absolute Gasteiger partial charge is 0.312 e. The maximum atomic E-state index is 14.3. The summed E-state index contributed by atoms with van der Waals surface area (Å²) < 4.78 is 18.6. The molecule has 2 aromatic carbocycles. The van der Waals surface area contributed by atoms with E-state index in [1.54, 1.807) is 25.2 Å². The number of imidazole rings is 1. The van der Waals surface area contributed by atoms with Crippen LogP contribution in [0.1, 0.15) is 23.6 Å². The minimum atomic E-state index is -0.517. The Labute approximate surface area is 190 Å². The summed E-state index contributed by atoms with van der Waals surface area (Å²) in [7, 11) is 1.60. The third-order valence-electron chi connectivity index (χ3n) is 6.53. The second-order valence-electron chi connectivity index (χ2n) is 9.00. The molecule has 0 radical (unpaired) electrons. The Morgan fingerprint density at radius 1 is 1.06 bits per heavy atom. The monoisotopic (exact) mass is 447 g/mol. The van der Waals surface area contributed by atoms with Gasteiger partial charge in [-0.15, -0.1) is 0 Å². The quantitative estimate of drug-likeness (QED) is 0.482. The van der Waals surface area contributed by atoms with Gasteiger partial charge in [-0.25, -0.2) is 9.18 Å². The topological polar surface area (TPSA) is 65.1 Å². The average Bonchev–Trinajstić information content (AvgIpc) is 3.17. The fourth-order valence-corrected chi connectivity index (χ4v) is 4.55. The van der Waals surface area contributed by atoms with Crippen LogP contribution in [0, 0.1) is 25.6 Å². The lowest BCUT2D eigenvalue weighted by atomic mass is 10.1. The van der Waals surface area contributed by atoms with Crippen LogP contribution in [0.3, 0.4) is 0 Å². The Hall–Kier alpha value is -3.68. The highest BCUT2D eigenvalue weighted by molar-refractivity contribution is 5.77. The SMILES string of the molecule is Cc1ccc(N2C[C@H](C)Cn3c2nc2c3c(=O)n(Cc3ccccc3F)c(=O)n2C)cc1C. The molecule has 7 nitrogen and oxygen atoms in total. The molecule has 0 saturated heterocycles. The molecular weight excluding hydrogens is 421 g/mol. The molecule has 0 N–H and O–H groups in total. The van der Waals surface area contributed by atoms with Gasteiger partial charge in [-0.3, -0.25) is 13.9 Å². The minimum Gasteiger partial charge on any atom is -0.312 e. The van der Waals surface area contributed by atoms with E-state index < -0.39 is 17.1 Å². The van der Waals surface area contributed by atoms with Crippen molar-refractivity contribution in [2.45, 2.75) is 33.9 Å². The van der Waals surface area contributed by atoms with E-state index >= 15 is 0 Å². The van der Waals surface area contributed by atoms with Gasteiger partial charge in [-0.2, -0.15) is 4.98 Å². The normalized spacial score (nSPS) is 15.8. The number of aryl methyl sites for hydroxylation is 3. The number of halogens is 1. The summed E-state index contributed by atoms with van der Waals surface area (Å²) in [5.41, 5.74) is 3.40. The van der Waals surface area contributed by atoms with Gasteiger partial charge in [0.1, 0.15) is 5.82 Å². The van der Waals surface area contributed by atoms with E-state index in [4.69, 9.17) is 4.98 Å². The van der Waals surface area contributed by atoms with E-state index in [2.05, 4.69) is 43.9 Å². The fraction of sp³-hybridized carbons (Fsp3) is 0.320. The molecule has 0 amide bonds. The molecular formula is C25H26FN5O2. The maximum Gasteiger partial charge on any atom is 0.332 e. The van der Waals surface area contributed by atoms with Crippen molar-refractivity contribution < 1.29 is 4.39 Å². The first-order chi connectivity index (χ1) is 15.8. The van der Waals surface area contributed by atoms with Crippen LogP contribution in [0.25, 0.3) is 11.2 Å². The first-order valence-corrected chi connectivity index (χ1v) is 11.0. The van der Waals surface area contributed by atoms with Gasteiger partial charge in [0.15, 0.2) is 11.2 Å². The predicted molar refractivity (Wildman–Crippen MR) is 127 cm³/mol. The molecule has 0 aliphatic carbocycles. The zero-order valence-corrected chi connectivity index (χ0v) is 19.2. The van der Waals surface area contributed by atoms with Gasteiger partial charge in [0.25, 0.3) is 5.56 Å². The van der Waals surface area contributed by atoms with Crippen LogP contribution in [0.5, 0.6) is 0 Å². The van der Waals surface area contributed by atoms with Crippen LogP contribution in [0.15, 0.2) is 52.1 Å². The average molecular weight is 448 g/mol. The van der Waals surface area contributed by atoms with E-state index in [9.17, 15) is 14.0 Å². The Bertz CT molecular complexity index is 1510. The molecule has 2 aromatic heterocycles. The van der Waals surface area contributed by atoms with Gasteiger partial charge >= 0.3 is 5.69 Å². The summed E-state index contributed by atoms with van der Waals surface area (Å²) in [6, 6.07) is 12.4. The molecule has 1 aliphatic rings. The van der Waals surface area contributed by atoms with Crippen molar-refractivity contribution in [3.05, 3.63) is 85.8 Å². The first-order valence-electron chi connectivity index (χ1n) is 11.0. The van der Waals surface area contributed by atoms with E-state index in [1.807, 2.05) is 4.57 Å². The molecule has 5 rings (SSSR count). The molecule has 0 spiro atoms. The Morgan fingerprint density at radius 3 is 2.55 bits per heavy atom. The molecule has 0 fully saturated rings. The van der Waals surface area contributed by atoms with E-state index in [0.29, 0.717) is 29.2 Å². The van der Waals surface area contributed by atoms with Crippen molar-refractivity contribution in [2.75, 3.05) is 11.4 Å². The van der Waals surface area contributed by atoms with Gasteiger partial charge in [-0.05, 0) is 49.1 Å². The molecule has 0 unspecified atom stereocenters. The molecule has 0 saturated carbocycles. The van der Waals surface area contributed by atoms with Crippen LogP contribution >= 0.6 is 0 Å². The number of hydrogen-bond acceptors (Lipinski definition) is 4. The van der Waals surface area contributed by atoms with Gasteiger partial charge in [-0.1, -0.05) is 31.2 Å². The fourth-order valence-electron chi connectivity index (χ4n) is 4.55. The Morgan fingerprint density at radius 2 is 1.82 bits per heavy atom. The number of anilines is 2. The first kappa shape index (κ1) is 21.2. The summed E-state index contributed by atoms with van der Waals surface area (Å²) in [6.07, 6.45) is 0. The molecule has 4 aromatic rings. The number of benzene rings is 2. The van der Waals surface area contributed by atoms with E-state index in [-0.39, 0.29) is 12.5 Å². The third kappa shape index (κ3) is 3.37. The van der Waals surface area contributed by atoms with Crippen molar-refractivity contribution in [3.8, 4) is 0 Å². The summed E-state index contributed by atoms with van der Waals surface area (Å²) >= 11 is 0. The zero-order chi connectivity index (χ0) is 23.4. The molecule has 1 aliphatic heterocycles. The Balaban J connectivity index is 1.73. The predicted octanol–water partition coefficient (Wildman–Crippen LogP) is 3.49. The lowest BCUT2D eigenvalue weighted by molar-refractivity contribution is 0.458. The van der Waals surface area contributed by atoms with Crippen molar-refractivity contribution in [1.82, 2.24) is 18.7 Å². The van der Waals surface area contributed by atoms with Crippen molar-refractivity contribution >= 4 is 22.8 Å². The minimum absolute atomic E-state index is 0.134. The zero-order valence-electron chi connectivity index (χ0n) is 19.2. The molecule has 3 heterocycles.